The van der Waals surface area contributed by atoms with E-state index < -0.39 is 12.6 Å². The molecule has 1 heterocycles. The summed E-state index contributed by atoms with van der Waals surface area (Å²) in [5.74, 6) is 0. The Hall–Kier alpha value is -0.330. The van der Waals surface area contributed by atoms with E-state index in [1.54, 1.807) is 0 Å². The van der Waals surface area contributed by atoms with Crippen LogP contribution in [0.4, 0.5) is 13.2 Å². The zero-order valence-electron chi connectivity index (χ0n) is 12.5. The molecule has 1 fully saturated rings. The smallest absolute Gasteiger partial charge is 0.377 e. The number of hydrogen-bond acceptors (Lipinski definition) is 3. The van der Waals surface area contributed by atoms with Crippen LogP contribution in [0.25, 0.3) is 0 Å². The van der Waals surface area contributed by atoms with Gasteiger partial charge in [-0.05, 0) is 46.1 Å². The molecule has 0 saturated carbocycles. The summed E-state index contributed by atoms with van der Waals surface area (Å²) in [7, 11) is 0. The molecule has 0 aromatic carbocycles. The van der Waals surface area contributed by atoms with Gasteiger partial charge in [-0.25, -0.2) is 0 Å². The second-order valence-electron chi connectivity index (χ2n) is 5.84. The molecule has 0 bridgehead atoms. The Morgan fingerprint density at radius 2 is 2.00 bits per heavy atom. The molecule has 3 nitrogen and oxygen atoms in total. The molecular weight excluding hydrogens is 269 g/mol. The average molecular weight is 296 g/mol. The molecule has 1 aliphatic rings. The topological polar surface area (TPSA) is 38.5 Å². The molecule has 0 aromatic rings. The zero-order chi connectivity index (χ0) is 15.2. The van der Waals surface area contributed by atoms with Crippen molar-refractivity contribution in [1.29, 1.82) is 0 Å². The van der Waals surface area contributed by atoms with E-state index in [1.807, 2.05) is 13.8 Å². The monoisotopic (exact) mass is 296 g/mol. The van der Waals surface area contributed by atoms with Crippen molar-refractivity contribution in [3.8, 4) is 0 Å². The highest BCUT2D eigenvalue weighted by Gasteiger charge is 2.35. The zero-order valence-corrected chi connectivity index (χ0v) is 12.5. The maximum Gasteiger partial charge on any atom is 0.389 e. The number of likely N-dealkylation sites (tertiary alicyclic amines) is 1. The van der Waals surface area contributed by atoms with Crippen molar-refractivity contribution < 1.29 is 17.9 Å². The second-order valence-corrected chi connectivity index (χ2v) is 5.84. The number of ether oxygens (including phenoxy) is 1. The number of nitrogens with zero attached hydrogens (tertiary/aromatic N) is 1. The molecule has 0 aromatic heterocycles. The van der Waals surface area contributed by atoms with Crippen molar-refractivity contribution in [3.63, 3.8) is 0 Å². The fourth-order valence-electron chi connectivity index (χ4n) is 2.86. The predicted molar refractivity (Wildman–Crippen MR) is 73.6 cm³/mol. The molecule has 1 rings (SSSR count). The second kappa shape index (κ2) is 7.61. The highest BCUT2D eigenvalue weighted by atomic mass is 19.4. The third-order valence-corrected chi connectivity index (χ3v) is 4.16. The quantitative estimate of drug-likeness (QED) is 0.785. The Bertz CT molecular complexity index is 284. The first-order chi connectivity index (χ1) is 9.30. The van der Waals surface area contributed by atoms with E-state index >= 15 is 0 Å². The predicted octanol–water partition coefficient (Wildman–Crippen LogP) is 2.94. The van der Waals surface area contributed by atoms with Crippen molar-refractivity contribution in [1.82, 2.24) is 4.90 Å². The van der Waals surface area contributed by atoms with Gasteiger partial charge in [-0.15, -0.1) is 0 Å². The molecule has 0 spiro atoms. The van der Waals surface area contributed by atoms with E-state index in [9.17, 15) is 13.2 Å². The molecule has 20 heavy (non-hydrogen) atoms. The van der Waals surface area contributed by atoms with Crippen molar-refractivity contribution >= 4 is 0 Å². The molecule has 2 N–H and O–H groups in total. The van der Waals surface area contributed by atoms with Gasteiger partial charge in [0.05, 0.1) is 6.10 Å². The lowest BCUT2D eigenvalue weighted by atomic mass is 9.90. The van der Waals surface area contributed by atoms with Crippen molar-refractivity contribution in [3.05, 3.63) is 0 Å². The summed E-state index contributed by atoms with van der Waals surface area (Å²) in [6, 6.07) is 0. The highest BCUT2D eigenvalue weighted by molar-refractivity contribution is 4.91. The summed E-state index contributed by atoms with van der Waals surface area (Å²) < 4.78 is 42.5. The third-order valence-electron chi connectivity index (χ3n) is 4.16. The highest BCUT2D eigenvalue weighted by Crippen LogP contribution is 2.29. The first-order valence-corrected chi connectivity index (χ1v) is 7.44. The Morgan fingerprint density at radius 3 is 2.55 bits per heavy atom. The van der Waals surface area contributed by atoms with E-state index in [1.165, 1.54) is 0 Å². The van der Waals surface area contributed by atoms with E-state index in [0.29, 0.717) is 19.6 Å². The van der Waals surface area contributed by atoms with Crippen LogP contribution in [0.2, 0.25) is 0 Å². The van der Waals surface area contributed by atoms with Gasteiger partial charge in [-0.3, -0.25) is 4.90 Å². The van der Waals surface area contributed by atoms with E-state index in [2.05, 4.69) is 4.90 Å². The van der Waals surface area contributed by atoms with Crippen LogP contribution in [0, 0.1) is 0 Å². The van der Waals surface area contributed by atoms with E-state index in [4.69, 9.17) is 10.5 Å². The lowest BCUT2D eigenvalue weighted by Gasteiger charge is -2.45. The van der Waals surface area contributed by atoms with Gasteiger partial charge in [-0.2, -0.15) is 13.2 Å². The standard InChI is InChI=1S/C14H27F3N2O/c1-3-20-12-6-4-9-19(10-12)13(2,11-18)7-5-8-14(15,16)17/h12H,3-11,18H2,1-2H3. The lowest BCUT2D eigenvalue weighted by molar-refractivity contribution is -0.137. The van der Waals surface area contributed by atoms with Crippen LogP contribution in [0.3, 0.4) is 0 Å². The number of hydrogen-bond donors (Lipinski definition) is 1. The minimum atomic E-state index is -4.08. The largest absolute Gasteiger partial charge is 0.389 e. The number of halogens is 3. The molecule has 0 radical (unpaired) electrons. The van der Waals surface area contributed by atoms with Crippen LogP contribution in [-0.4, -0.2) is 49.0 Å². The molecule has 120 valence electrons. The van der Waals surface area contributed by atoms with Gasteiger partial charge in [0.1, 0.15) is 0 Å². The first kappa shape index (κ1) is 17.7. The Balaban J connectivity index is 2.53. The van der Waals surface area contributed by atoms with Gasteiger partial charge in [0.2, 0.25) is 0 Å². The Kier molecular flexibility index (Phi) is 6.75. The van der Waals surface area contributed by atoms with E-state index in [-0.39, 0.29) is 18.1 Å². The lowest BCUT2D eigenvalue weighted by Crippen LogP contribution is -2.56. The fourth-order valence-corrected chi connectivity index (χ4v) is 2.86. The van der Waals surface area contributed by atoms with Crippen molar-refractivity contribution in [2.24, 2.45) is 5.73 Å². The molecule has 0 aliphatic carbocycles. The summed E-state index contributed by atoms with van der Waals surface area (Å²) >= 11 is 0. The Morgan fingerprint density at radius 1 is 1.30 bits per heavy atom. The van der Waals surface area contributed by atoms with Gasteiger partial charge in [0.25, 0.3) is 0 Å². The molecule has 0 amide bonds. The van der Waals surface area contributed by atoms with Crippen molar-refractivity contribution in [2.45, 2.75) is 63.8 Å². The summed E-state index contributed by atoms with van der Waals surface area (Å²) in [6.45, 7) is 6.65. The van der Waals surface area contributed by atoms with Crippen LogP contribution in [-0.2, 0) is 4.74 Å². The van der Waals surface area contributed by atoms with Crippen LogP contribution in [0.15, 0.2) is 0 Å². The van der Waals surface area contributed by atoms with Gasteiger partial charge < -0.3 is 10.5 Å². The van der Waals surface area contributed by atoms with Crippen LogP contribution in [0.1, 0.15) is 46.0 Å². The minimum Gasteiger partial charge on any atom is -0.377 e. The minimum absolute atomic E-state index is 0.132. The summed E-state index contributed by atoms with van der Waals surface area (Å²) in [6.07, 6.45) is -1.99. The molecule has 2 unspecified atom stereocenters. The third kappa shape index (κ3) is 5.58. The fraction of sp³-hybridized carbons (Fsp3) is 1.00. The van der Waals surface area contributed by atoms with Gasteiger partial charge in [0.15, 0.2) is 0 Å². The number of nitrogens with two attached hydrogens (primary N) is 1. The van der Waals surface area contributed by atoms with Gasteiger partial charge in [0, 0.05) is 31.7 Å². The van der Waals surface area contributed by atoms with Crippen molar-refractivity contribution in [2.75, 3.05) is 26.2 Å². The SMILES string of the molecule is CCOC1CCCN(C(C)(CN)CCCC(F)(F)F)C1. The first-order valence-electron chi connectivity index (χ1n) is 7.44. The van der Waals surface area contributed by atoms with Crippen LogP contribution in [0.5, 0.6) is 0 Å². The van der Waals surface area contributed by atoms with Crippen LogP contribution >= 0.6 is 0 Å². The van der Waals surface area contributed by atoms with Gasteiger partial charge in [-0.1, -0.05) is 0 Å². The summed E-state index contributed by atoms with van der Waals surface area (Å²) in [5, 5.41) is 0. The van der Waals surface area contributed by atoms with E-state index in [0.717, 1.165) is 25.9 Å². The van der Waals surface area contributed by atoms with Gasteiger partial charge >= 0.3 is 6.18 Å². The molecule has 6 heteroatoms. The average Bonchev–Trinajstić information content (AvgIpc) is 2.38. The molecular formula is C14H27F3N2O. The summed E-state index contributed by atoms with van der Waals surface area (Å²) in [5.41, 5.74) is 5.48. The maximum absolute atomic E-state index is 12.3. The van der Waals surface area contributed by atoms with Crippen LogP contribution < -0.4 is 5.73 Å². The maximum atomic E-state index is 12.3. The molecule has 1 saturated heterocycles. The molecule has 2 atom stereocenters. The normalized spacial score (nSPS) is 24.6. The molecule has 1 aliphatic heterocycles. The number of alkyl halides is 3. The number of piperidine rings is 1. The number of rotatable bonds is 7. The summed E-state index contributed by atoms with van der Waals surface area (Å²) in [4.78, 5) is 2.22. The Labute approximate surface area is 119 Å².